The second-order valence-electron chi connectivity index (χ2n) is 7.65. The number of nitrogens with zero attached hydrogens (tertiary/aromatic N) is 1. The molecule has 2 aliphatic heterocycles. The van der Waals surface area contributed by atoms with Crippen molar-refractivity contribution >= 4 is 11.7 Å². The van der Waals surface area contributed by atoms with Crippen LogP contribution in [0.5, 0.6) is 5.75 Å². The fraction of sp³-hybridized carbons (Fsp3) is 0.409. The van der Waals surface area contributed by atoms with Gasteiger partial charge in [-0.25, -0.2) is 4.79 Å². The standard InChI is InChI=1S/C22H27N3O2/c26-21-7-3-16(4-8-21)1-2-17-9-11-25(12-10-17)22(27)24-20-6-5-18-14-23-15-19(18)13-20/h3-8,13,17,23,26H,1-2,9-12,14-15H2,(H,24,27). The van der Waals surface area contributed by atoms with Crippen molar-refractivity contribution in [3.05, 3.63) is 59.2 Å². The van der Waals surface area contributed by atoms with Gasteiger partial charge in [0.25, 0.3) is 0 Å². The summed E-state index contributed by atoms with van der Waals surface area (Å²) in [6.45, 7) is 3.43. The zero-order valence-corrected chi connectivity index (χ0v) is 15.6. The number of fused-ring (bicyclic) bond motifs is 1. The van der Waals surface area contributed by atoms with Crippen molar-refractivity contribution in [1.82, 2.24) is 10.2 Å². The SMILES string of the molecule is O=C(Nc1ccc2c(c1)CNC2)N1CCC(CCc2ccc(O)cc2)CC1. The van der Waals surface area contributed by atoms with E-state index in [-0.39, 0.29) is 6.03 Å². The number of phenolic OH excluding ortho intramolecular Hbond substituents is 1. The first-order chi connectivity index (χ1) is 13.2. The van der Waals surface area contributed by atoms with Crippen LogP contribution in [-0.2, 0) is 19.5 Å². The van der Waals surface area contributed by atoms with Gasteiger partial charge in [-0.3, -0.25) is 0 Å². The van der Waals surface area contributed by atoms with Crippen LogP contribution in [0.1, 0.15) is 36.0 Å². The third kappa shape index (κ3) is 4.42. The quantitative estimate of drug-likeness (QED) is 0.771. The molecule has 0 saturated carbocycles. The molecule has 5 heteroatoms. The number of hydrogen-bond donors (Lipinski definition) is 3. The molecule has 2 aliphatic rings. The predicted octanol–water partition coefficient (Wildman–Crippen LogP) is 3.87. The van der Waals surface area contributed by atoms with E-state index < -0.39 is 0 Å². The molecule has 2 aromatic carbocycles. The lowest BCUT2D eigenvalue weighted by Gasteiger charge is -2.32. The van der Waals surface area contributed by atoms with E-state index in [1.807, 2.05) is 23.1 Å². The molecule has 0 aliphatic carbocycles. The number of likely N-dealkylation sites (tertiary alicyclic amines) is 1. The number of rotatable bonds is 4. The highest BCUT2D eigenvalue weighted by Crippen LogP contribution is 2.24. The van der Waals surface area contributed by atoms with Crippen molar-refractivity contribution < 1.29 is 9.90 Å². The van der Waals surface area contributed by atoms with Crippen molar-refractivity contribution in [2.24, 2.45) is 5.92 Å². The van der Waals surface area contributed by atoms with Gasteiger partial charge in [0.05, 0.1) is 0 Å². The summed E-state index contributed by atoms with van der Waals surface area (Å²) in [6, 6.07) is 13.7. The zero-order valence-electron chi connectivity index (χ0n) is 15.6. The molecule has 0 spiro atoms. The number of amides is 2. The maximum Gasteiger partial charge on any atom is 0.321 e. The first-order valence-corrected chi connectivity index (χ1v) is 9.84. The van der Waals surface area contributed by atoms with Gasteiger partial charge in [-0.2, -0.15) is 0 Å². The third-order valence-corrected chi connectivity index (χ3v) is 5.77. The van der Waals surface area contributed by atoms with E-state index in [4.69, 9.17) is 0 Å². The van der Waals surface area contributed by atoms with Gasteiger partial charge in [0.2, 0.25) is 0 Å². The monoisotopic (exact) mass is 365 g/mol. The molecule has 2 amide bonds. The summed E-state index contributed by atoms with van der Waals surface area (Å²) in [6.07, 6.45) is 4.28. The van der Waals surface area contributed by atoms with Crippen LogP contribution in [-0.4, -0.2) is 29.1 Å². The summed E-state index contributed by atoms with van der Waals surface area (Å²) in [5, 5.41) is 15.7. The van der Waals surface area contributed by atoms with Crippen molar-refractivity contribution in [2.75, 3.05) is 18.4 Å². The first kappa shape index (κ1) is 17.9. The summed E-state index contributed by atoms with van der Waals surface area (Å²) in [7, 11) is 0. The minimum absolute atomic E-state index is 0.0119. The molecule has 142 valence electrons. The van der Waals surface area contributed by atoms with Crippen LogP contribution >= 0.6 is 0 Å². The molecular weight excluding hydrogens is 338 g/mol. The Hall–Kier alpha value is -2.53. The fourth-order valence-corrected chi connectivity index (χ4v) is 4.03. The summed E-state index contributed by atoms with van der Waals surface area (Å²) in [4.78, 5) is 14.5. The Morgan fingerprint density at radius 3 is 2.59 bits per heavy atom. The minimum atomic E-state index is 0.0119. The van der Waals surface area contributed by atoms with E-state index in [0.717, 1.165) is 57.5 Å². The highest BCUT2D eigenvalue weighted by Gasteiger charge is 2.23. The number of carbonyl (C=O) groups is 1. The summed E-state index contributed by atoms with van der Waals surface area (Å²) < 4.78 is 0. The Morgan fingerprint density at radius 2 is 1.81 bits per heavy atom. The lowest BCUT2D eigenvalue weighted by atomic mass is 9.90. The van der Waals surface area contributed by atoms with E-state index in [0.29, 0.717) is 11.7 Å². The van der Waals surface area contributed by atoms with Crippen LogP contribution in [0, 0.1) is 5.92 Å². The number of piperidine rings is 1. The fourth-order valence-electron chi connectivity index (χ4n) is 4.03. The molecule has 0 unspecified atom stereocenters. The molecule has 27 heavy (non-hydrogen) atoms. The number of aryl methyl sites for hydroxylation is 1. The van der Waals surface area contributed by atoms with E-state index in [2.05, 4.69) is 22.8 Å². The van der Waals surface area contributed by atoms with Gasteiger partial charge in [-0.1, -0.05) is 18.2 Å². The summed E-state index contributed by atoms with van der Waals surface area (Å²) in [5.41, 5.74) is 4.75. The molecule has 0 bridgehead atoms. The average molecular weight is 365 g/mol. The predicted molar refractivity (Wildman–Crippen MR) is 107 cm³/mol. The number of carbonyl (C=O) groups excluding carboxylic acids is 1. The van der Waals surface area contributed by atoms with Crippen molar-refractivity contribution in [1.29, 1.82) is 0 Å². The molecule has 1 fully saturated rings. The molecule has 1 saturated heterocycles. The second-order valence-corrected chi connectivity index (χ2v) is 7.65. The summed E-state index contributed by atoms with van der Waals surface area (Å²) >= 11 is 0. The van der Waals surface area contributed by atoms with Crippen LogP contribution in [0.3, 0.4) is 0 Å². The molecule has 0 atom stereocenters. The van der Waals surface area contributed by atoms with E-state index >= 15 is 0 Å². The average Bonchev–Trinajstić information content (AvgIpc) is 3.16. The number of urea groups is 1. The lowest BCUT2D eigenvalue weighted by Crippen LogP contribution is -2.41. The van der Waals surface area contributed by atoms with Crippen LogP contribution in [0.25, 0.3) is 0 Å². The van der Waals surface area contributed by atoms with Gasteiger partial charge in [-0.15, -0.1) is 0 Å². The Morgan fingerprint density at radius 1 is 1.07 bits per heavy atom. The first-order valence-electron chi connectivity index (χ1n) is 9.84. The number of anilines is 1. The van der Waals surface area contributed by atoms with Gasteiger partial charge < -0.3 is 20.6 Å². The van der Waals surface area contributed by atoms with E-state index in [1.54, 1.807) is 12.1 Å². The maximum absolute atomic E-state index is 12.6. The molecule has 4 rings (SSSR count). The Kier molecular flexibility index (Phi) is 5.30. The van der Waals surface area contributed by atoms with Crippen LogP contribution in [0.4, 0.5) is 10.5 Å². The number of hydrogen-bond acceptors (Lipinski definition) is 3. The van der Waals surface area contributed by atoms with E-state index in [9.17, 15) is 9.90 Å². The van der Waals surface area contributed by atoms with Crippen molar-refractivity contribution in [2.45, 2.75) is 38.8 Å². The van der Waals surface area contributed by atoms with Gasteiger partial charge in [0.1, 0.15) is 5.75 Å². The molecule has 0 radical (unpaired) electrons. The largest absolute Gasteiger partial charge is 0.508 e. The number of phenols is 1. The third-order valence-electron chi connectivity index (χ3n) is 5.77. The van der Waals surface area contributed by atoms with Crippen molar-refractivity contribution in [3.63, 3.8) is 0 Å². The number of benzene rings is 2. The normalized spacial score (nSPS) is 17.0. The molecule has 2 heterocycles. The van der Waals surface area contributed by atoms with Gasteiger partial charge in [0.15, 0.2) is 0 Å². The van der Waals surface area contributed by atoms with Gasteiger partial charge in [0, 0.05) is 31.9 Å². The zero-order chi connectivity index (χ0) is 18.6. The van der Waals surface area contributed by atoms with Crippen LogP contribution < -0.4 is 10.6 Å². The second kappa shape index (κ2) is 8.01. The molecule has 3 N–H and O–H groups in total. The van der Waals surface area contributed by atoms with E-state index in [1.165, 1.54) is 16.7 Å². The van der Waals surface area contributed by atoms with Crippen LogP contribution in [0.15, 0.2) is 42.5 Å². The number of nitrogens with one attached hydrogen (secondary N) is 2. The molecule has 5 nitrogen and oxygen atoms in total. The highest BCUT2D eigenvalue weighted by atomic mass is 16.3. The Labute approximate surface area is 160 Å². The highest BCUT2D eigenvalue weighted by molar-refractivity contribution is 5.89. The smallest absolute Gasteiger partial charge is 0.321 e. The molecule has 2 aromatic rings. The number of aromatic hydroxyl groups is 1. The van der Waals surface area contributed by atoms with Crippen LogP contribution in [0.2, 0.25) is 0 Å². The Bertz CT molecular complexity index is 796. The Balaban J connectivity index is 1.23. The van der Waals surface area contributed by atoms with Crippen molar-refractivity contribution in [3.8, 4) is 5.75 Å². The summed E-state index contributed by atoms with van der Waals surface area (Å²) in [5.74, 6) is 0.978. The minimum Gasteiger partial charge on any atom is -0.508 e. The van der Waals surface area contributed by atoms with Gasteiger partial charge >= 0.3 is 6.03 Å². The molecule has 0 aromatic heterocycles. The topological polar surface area (TPSA) is 64.6 Å². The molecular formula is C22H27N3O2. The lowest BCUT2D eigenvalue weighted by molar-refractivity contribution is 0.180. The maximum atomic E-state index is 12.6. The van der Waals surface area contributed by atoms with Gasteiger partial charge in [-0.05, 0) is 72.6 Å².